The Hall–Kier alpha value is -1.61. The molecule has 2 rings (SSSR count). The smallest absolute Gasteiger partial charge is 0.139 e. The fraction of sp³-hybridized carbons (Fsp3) is 0.308. The molecule has 0 amide bonds. The fourth-order valence-electron chi connectivity index (χ4n) is 1.85. The molecular formula is C13H16N2O. The molecule has 0 aliphatic heterocycles. The van der Waals surface area contributed by atoms with Gasteiger partial charge >= 0.3 is 0 Å². The van der Waals surface area contributed by atoms with Crippen molar-refractivity contribution in [2.45, 2.75) is 13.0 Å². The number of para-hydroxylation sites is 1. The summed E-state index contributed by atoms with van der Waals surface area (Å²) in [6, 6.07) is 8.04. The van der Waals surface area contributed by atoms with Crippen LogP contribution in [0, 0.1) is 0 Å². The second kappa shape index (κ2) is 4.10. The fourth-order valence-corrected chi connectivity index (χ4v) is 1.85. The highest BCUT2D eigenvalue weighted by molar-refractivity contribution is 5.84. The molecule has 16 heavy (non-hydrogen) atoms. The van der Waals surface area contributed by atoms with E-state index in [9.17, 15) is 5.11 Å². The van der Waals surface area contributed by atoms with Crippen molar-refractivity contribution in [3.05, 3.63) is 36.0 Å². The standard InChI is InChI=1S/C13H16N2O/c1-9(15(2)3)13-10-6-4-5-7-11(10)14-8-12(13)16/h4-9,16H,1-3H3. The molecule has 0 aliphatic rings. The lowest BCUT2D eigenvalue weighted by Crippen LogP contribution is -2.17. The maximum absolute atomic E-state index is 9.94. The third kappa shape index (κ3) is 1.74. The topological polar surface area (TPSA) is 36.4 Å². The molecule has 0 fully saturated rings. The van der Waals surface area contributed by atoms with Crippen LogP contribution in [0.2, 0.25) is 0 Å². The van der Waals surface area contributed by atoms with Crippen LogP contribution in [0.1, 0.15) is 18.5 Å². The third-order valence-corrected chi connectivity index (χ3v) is 2.99. The van der Waals surface area contributed by atoms with Crippen LogP contribution in [0.5, 0.6) is 5.75 Å². The van der Waals surface area contributed by atoms with Crippen molar-refractivity contribution in [1.82, 2.24) is 9.88 Å². The molecule has 1 unspecified atom stereocenters. The molecule has 2 aromatic rings. The van der Waals surface area contributed by atoms with E-state index in [1.807, 2.05) is 38.4 Å². The summed E-state index contributed by atoms with van der Waals surface area (Å²) < 4.78 is 0. The summed E-state index contributed by atoms with van der Waals surface area (Å²) in [6.07, 6.45) is 1.53. The first-order valence-electron chi connectivity index (χ1n) is 5.34. The summed E-state index contributed by atoms with van der Waals surface area (Å²) in [7, 11) is 4.00. The van der Waals surface area contributed by atoms with Crippen LogP contribution >= 0.6 is 0 Å². The van der Waals surface area contributed by atoms with E-state index in [-0.39, 0.29) is 11.8 Å². The minimum atomic E-state index is 0.160. The highest BCUT2D eigenvalue weighted by atomic mass is 16.3. The van der Waals surface area contributed by atoms with E-state index >= 15 is 0 Å². The molecule has 84 valence electrons. The number of rotatable bonds is 2. The average molecular weight is 216 g/mol. The van der Waals surface area contributed by atoms with E-state index in [2.05, 4.69) is 16.8 Å². The van der Waals surface area contributed by atoms with Crippen LogP contribution in [-0.4, -0.2) is 29.1 Å². The monoisotopic (exact) mass is 216 g/mol. The van der Waals surface area contributed by atoms with E-state index in [1.54, 1.807) is 0 Å². The van der Waals surface area contributed by atoms with Gasteiger partial charge in [-0.3, -0.25) is 4.98 Å². The molecule has 3 heteroatoms. The second-order valence-electron chi connectivity index (χ2n) is 4.21. The van der Waals surface area contributed by atoms with Gasteiger partial charge in [0.2, 0.25) is 0 Å². The van der Waals surface area contributed by atoms with Gasteiger partial charge in [0.25, 0.3) is 0 Å². The van der Waals surface area contributed by atoms with Gasteiger partial charge in [-0.25, -0.2) is 0 Å². The zero-order chi connectivity index (χ0) is 11.7. The van der Waals surface area contributed by atoms with E-state index < -0.39 is 0 Å². The van der Waals surface area contributed by atoms with E-state index in [0.717, 1.165) is 16.5 Å². The zero-order valence-electron chi connectivity index (χ0n) is 9.81. The van der Waals surface area contributed by atoms with Gasteiger partial charge in [0.15, 0.2) is 0 Å². The maximum Gasteiger partial charge on any atom is 0.139 e. The van der Waals surface area contributed by atoms with Crippen molar-refractivity contribution in [1.29, 1.82) is 0 Å². The first-order valence-corrected chi connectivity index (χ1v) is 5.34. The molecule has 1 aromatic carbocycles. The van der Waals surface area contributed by atoms with Crippen LogP contribution in [0.15, 0.2) is 30.5 Å². The van der Waals surface area contributed by atoms with Crippen molar-refractivity contribution in [3.8, 4) is 5.75 Å². The van der Waals surface area contributed by atoms with Gasteiger partial charge in [0.05, 0.1) is 11.7 Å². The number of benzene rings is 1. The number of hydrogen-bond acceptors (Lipinski definition) is 3. The van der Waals surface area contributed by atoms with Crippen LogP contribution < -0.4 is 0 Å². The molecule has 1 atom stereocenters. The van der Waals surface area contributed by atoms with Gasteiger partial charge in [-0.2, -0.15) is 0 Å². The molecule has 0 aliphatic carbocycles. The van der Waals surface area contributed by atoms with Gasteiger partial charge in [0.1, 0.15) is 5.75 Å². The summed E-state index contributed by atoms with van der Waals surface area (Å²) in [5.74, 6) is 0.264. The SMILES string of the molecule is CC(c1c(O)cnc2ccccc12)N(C)C. The van der Waals surface area contributed by atoms with Crippen molar-refractivity contribution < 1.29 is 5.11 Å². The zero-order valence-corrected chi connectivity index (χ0v) is 9.81. The molecule has 0 saturated heterocycles. The number of fused-ring (bicyclic) bond motifs is 1. The molecule has 1 aromatic heterocycles. The lowest BCUT2D eigenvalue weighted by Gasteiger charge is -2.22. The van der Waals surface area contributed by atoms with Crippen LogP contribution in [0.3, 0.4) is 0 Å². The van der Waals surface area contributed by atoms with Crippen molar-refractivity contribution >= 4 is 10.9 Å². The molecule has 0 radical (unpaired) electrons. The van der Waals surface area contributed by atoms with Crippen LogP contribution in [0.25, 0.3) is 10.9 Å². The van der Waals surface area contributed by atoms with Crippen LogP contribution in [0.4, 0.5) is 0 Å². The van der Waals surface area contributed by atoms with E-state index in [0.29, 0.717) is 0 Å². The average Bonchev–Trinajstić information content (AvgIpc) is 2.28. The summed E-state index contributed by atoms with van der Waals surface area (Å²) in [5, 5.41) is 11.0. The maximum atomic E-state index is 9.94. The summed E-state index contributed by atoms with van der Waals surface area (Å²) >= 11 is 0. The lowest BCUT2D eigenvalue weighted by atomic mass is 10.0. The predicted molar refractivity (Wildman–Crippen MR) is 65.5 cm³/mol. The normalized spacial score (nSPS) is 13.2. The van der Waals surface area contributed by atoms with Gasteiger partial charge in [-0.15, -0.1) is 0 Å². The second-order valence-corrected chi connectivity index (χ2v) is 4.21. The van der Waals surface area contributed by atoms with Gasteiger partial charge in [0, 0.05) is 17.0 Å². The molecule has 3 nitrogen and oxygen atoms in total. The molecule has 1 heterocycles. The number of nitrogens with zero attached hydrogens (tertiary/aromatic N) is 2. The minimum Gasteiger partial charge on any atom is -0.506 e. The van der Waals surface area contributed by atoms with Crippen molar-refractivity contribution in [2.24, 2.45) is 0 Å². The number of hydrogen-bond donors (Lipinski definition) is 1. The molecule has 0 spiro atoms. The van der Waals surface area contributed by atoms with E-state index in [1.165, 1.54) is 6.20 Å². The quantitative estimate of drug-likeness (QED) is 0.838. The molecule has 0 bridgehead atoms. The largest absolute Gasteiger partial charge is 0.506 e. The number of pyridine rings is 1. The Morgan fingerprint density at radius 1 is 1.25 bits per heavy atom. The Morgan fingerprint density at radius 3 is 2.62 bits per heavy atom. The number of aromatic hydroxyl groups is 1. The van der Waals surface area contributed by atoms with Crippen molar-refractivity contribution in [2.75, 3.05) is 14.1 Å². The summed E-state index contributed by atoms with van der Waals surface area (Å²) in [6.45, 7) is 2.07. The molecular weight excluding hydrogens is 200 g/mol. The third-order valence-electron chi connectivity index (χ3n) is 2.99. The molecule has 1 N–H and O–H groups in total. The highest BCUT2D eigenvalue weighted by Crippen LogP contribution is 2.32. The minimum absolute atomic E-state index is 0.160. The first-order chi connectivity index (χ1) is 7.61. The Bertz CT molecular complexity index is 508. The number of aromatic nitrogens is 1. The summed E-state index contributed by atoms with van der Waals surface area (Å²) in [5.41, 5.74) is 1.86. The van der Waals surface area contributed by atoms with Crippen molar-refractivity contribution in [3.63, 3.8) is 0 Å². The van der Waals surface area contributed by atoms with Crippen LogP contribution in [-0.2, 0) is 0 Å². The summed E-state index contributed by atoms with van der Waals surface area (Å²) in [4.78, 5) is 6.29. The highest BCUT2D eigenvalue weighted by Gasteiger charge is 2.16. The Morgan fingerprint density at radius 2 is 1.94 bits per heavy atom. The van der Waals surface area contributed by atoms with Gasteiger partial charge < -0.3 is 10.0 Å². The Labute approximate surface area is 95.3 Å². The lowest BCUT2D eigenvalue weighted by molar-refractivity contribution is 0.313. The van der Waals surface area contributed by atoms with Gasteiger partial charge in [-0.1, -0.05) is 18.2 Å². The Balaban J connectivity index is 2.70. The Kier molecular flexibility index (Phi) is 2.79. The predicted octanol–water partition coefficient (Wildman–Crippen LogP) is 2.56. The van der Waals surface area contributed by atoms with Gasteiger partial charge in [-0.05, 0) is 27.1 Å². The first kappa shape index (κ1) is 10.9. The molecule has 0 saturated carbocycles. The van der Waals surface area contributed by atoms with E-state index in [4.69, 9.17) is 0 Å².